The van der Waals surface area contributed by atoms with Crippen LogP contribution < -0.4 is 10.1 Å². The second kappa shape index (κ2) is 6.16. The van der Waals surface area contributed by atoms with Crippen LogP contribution in [0.25, 0.3) is 0 Å². The van der Waals surface area contributed by atoms with E-state index in [2.05, 4.69) is 50.1 Å². The molecule has 4 heteroatoms. The summed E-state index contributed by atoms with van der Waals surface area (Å²) in [5.41, 5.74) is 0.901. The summed E-state index contributed by atoms with van der Waals surface area (Å²) < 4.78 is 5.43. The zero-order valence-corrected chi connectivity index (χ0v) is 12.3. The van der Waals surface area contributed by atoms with Crippen molar-refractivity contribution in [1.29, 1.82) is 0 Å². The molecule has 102 valence electrons. The molecule has 0 aliphatic rings. The Hall–Kier alpha value is -1.13. The molecule has 0 aromatic carbocycles. The van der Waals surface area contributed by atoms with Gasteiger partial charge in [-0.3, -0.25) is 4.98 Å². The highest BCUT2D eigenvalue weighted by Gasteiger charge is 2.34. The number of rotatable bonds is 6. The fourth-order valence-electron chi connectivity index (χ4n) is 1.94. The van der Waals surface area contributed by atoms with Crippen LogP contribution in [0.5, 0.6) is 5.75 Å². The molecule has 0 spiro atoms. The van der Waals surface area contributed by atoms with Gasteiger partial charge < -0.3 is 15.0 Å². The monoisotopic (exact) mass is 251 g/mol. The second-order valence-electron chi connectivity index (χ2n) is 5.13. The smallest absolute Gasteiger partial charge is 0.142 e. The largest absolute Gasteiger partial charge is 0.495 e. The van der Waals surface area contributed by atoms with Gasteiger partial charge in [0.25, 0.3) is 0 Å². The molecule has 0 aliphatic heterocycles. The molecular formula is C14H25N3O. The van der Waals surface area contributed by atoms with Crippen LogP contribution >= 0.6 is 0 Å². The molecule has 0 bridgehead atoms. The van der Waals surface area contributed by atoms with Gasteiger partial charge in [0, 0.05) is 11.7 Å². The van der Waals surface area contributed by atoms with E-state index in [4.69, 9.17) is 4.74 Å². The maximum atomic E-state index is 5.43. The zero-order chi connectivity index (χ0) is 13.8. The number of aromatic nitrogens is 1. The number of hydrogen-bond donors (Lipinski definition) is 1. The Morgan fingerprint density at radius 2 is 2.11 bits per heavy atom. The summed E-state index contributed by atoms with van der Waals surface area (Å²) in [6.07, 6.45) is 1.81. The Bertz CT molecular complexity index is 377. The molecule has 0 saturated carbocycles. The number of hydrogen-bond acceptors (Lipinski definition) is 4. The number of likely N-dealkylation sites (N-methyl/N-ethyl adjacent to an activating group) is 2. The van der Waals surface area contributed by atoms with E-state index in [1.165, 1.54) is 0 Å². The minimum absolute atomic E-state index is 0.0579. The quantitative estimate of drug-likeness (QED) is 0.840. The topological polar surface area (TPSA) is 37.4 Å². The predicted molar refractivity (Wildman–Crippen MR) is 75.0 cm³/mol. The second-order valence-corrected chi connectivity index (χ2v) is 5.13. The van der Waals surface area contributed by atoms with Crippen molar-refractivity contribution in [3.63, 3.8) is 0 Å². The highest BCUT2D eigenvalue weighted by Crippen LogP contribution is 2.33. The maximum absolute atomic E-state index is 5.43. The van der Waals surface area contributed by atoms with Crippen LogP contribution in [0.15, 0.2) is 18.3 Å². The molecule has 0 aliphatic carbocycles. The summed E-state index contributed by atoms with van der Waals surface area (Å²) in [4.78, 5) is 6.71. The lowest BCUT2D eigenvalue weighted by Crippen LogP contribution is -2.49. The van der Waals surface area contributed by atoms with Crippen molar-refractivity contribution < 1.29 is 4.74 Å². The Balaban J connectivity index is 3.19. The van der Waals surface area contributed by atoms with Gasteiger partial charge in [0.2, 0.25) is 0 Å². The lowest BCUT2D eigenvalue weighted by molar-refractivity contribution is 0.135. The van der Waals surface area contributed by atoms with Crippen LogP contribution in [0, 0.1) is 0 Å². The fraction of sp³-hybridized carbons (Fsp3) is 0.643. The molecule has 1 aromatic rings. The van der Waals surface area contributed by atoms with E-state index in [1.54, 1.807) is 7.11 Å². The van der Waals surface area contributed by atoms with Crippen molar-refractivity contribution in [3.8, 4) is 5.75 Å². The molecule has 1 unspecified atom stereocenters. The van der Waals surface area contributed by atoms with Gasteiger partial charge in [0.05, 0.1) is 13.2 Å². The van der Waals surface area contributed by atoms with E-state index >= 15 is 0 Å². The van der Waals surface area contributed by atoms with E-state index in [0.29, 0.717) is 0 Å². The van der Waals surface area contributed by atoms with E-state index in [-0.39, 0.29) is 11.6 Å². The van der Waals surface area contributed by atoms with Gasteiger partial charge in [0.1, 0.15) is 11.4 Å². The van der Waals surface area contributed by atoms with Crippen LogP contribution in [0.3, 0.4) is 0 Å². The van der Waals surface area contributed by atoms with Crippen LogP contribution in [-0.2, 0) is 0 Å². The molecule has 0 fully saturated rings. The molecule has 1 N–H and O–H groups in total. The standard InChI is InChI=1S/C14H25N3O/c1-7-15-13(14(2,3)17(4)5)12-11(18-6)9-8-10-16-12/h8-10,13,15H,7H2,1-6H3. The van der Waals surface area contributed by atoms with Crippen LogP contribution in [-0.4, -0.2) is 43.2 Å². The van der Waals surface area contributed by atoms with Crippen molar-refractivity contribution in [2.45, 2.75) is 32.4 Å². The van der Waals surface area contributed by atoms with E-state index in [0.717, 1.165) is 18.0 Å². The lowest BCUT2D eigenvalue weighted by atomic mass is 9.89. The number of nitrogens with zero attached hydrogens (tertiary/aromatic N) is 2. The fourth-order valence-corrected chi connectivity index (χ4v) is 1.94. The molecule has 0 radical (unpaired) electrons. The van der Waals surface area contributed by atoms with E-state index < -0.39 is 0 Å². The molecule has 1 atom stereocenters. The third-order valence-corrected chi connectivity index (χ3v) is 3.56. The van der Waals surface area contributed by atoms with E-state index in [9.17, 15) is 0 Å². The number of nitrogens with one attached hydrogen (secondary N) is 1. The number of ether oxygens (including phenoxy) is 1. The Labute approximate surface area is 110 Å². The van der Waals surface area contributed by atoms with Gasteiger partial charge in [-0.1, -0.05) is 6.92 Å². The normalized spacial score (nSPS) is 13.7. The van der Waals surface area contributed by atoms with Gasteiger partial charge in [0.15, 0.2) is 0 Å². The molecule has 1 aromatic heterocycles. The average Bonchev–Trinajstić information content (AvgIpc) is 2.35. The summed E-state index contributed by atoms with van der Waals surface area (Å²) >= 11 is 0. The molecule has 18 heavy (non-hydrogen) atoms. The first-order valence-corrected chi connectivity index (χ1v) is 6.34. The van der Waals surface area contributed by atoms with E-state index in [1.807, 2.05) is 18.3 Å². The molecule has 1 heterocycles. The van der Waals surface area contributed by atoms with Gasteiger partial charge >= 0.3 is 0 Å². The summed E-state index contributed by atoms with van der Waals surface area (Å²) in [7, 11) is 5.85. The molecule has 0 saturated heterocycles. The van der Waals surface area contributed by atoms with Crippen LogP contribution in [0.4, 0.5) is 0 Å². The molecule has 4 nitrogen and oxygen atoms in total. The maximum Gasteiger partial charge on any atom is 0.142 e. The molecule has 1 rings (SSSR count). The molecular weight excluding hydrogens is 226 g/mol. The third kappa shape index (κ3) is 3.00. The van der Waals surface area contributed by atoms with Crippen LogP contribution in [0.1, 0.15) is 32.5 Å². The van der Waals surface area contributed by atoms with Gasteiger partial charge in [-0.15, -0.1) is 0 Å². The Kier molecular flexibility index (Phi) is 5.11. The molecule has 0 amide bonds. The van der Waals surface area contributed by atoms with Gasteiger partial charge in [-0.25, -0.2) is 0 Å². The van der Waals surface area contributed by atoms with Crippen molar-refractivity contribution in [3.05, 3.63) is 24.0 Å². The highest BCUT2D eigenvalue weighted by atomic mass is 16.5. The lowest BCUT2D eigenvalue weighted by Gasteiger charge is -2.40. The number of pyridine rings is 1. The predicted octanol–water partition coefficient (Wildman–Crippen LogP) is 2.08. The summed E-state index contributed by atoms with van der Waals surface area (Å²) in [5, 5.41) is 3.51. The minimum Gasteiger partial charge on any atom is -0.495 e. The highest BCUT2D eigenvalue weighted by molar-refractivity contribution is 5.31. The Morgan fingerprint density at radius 1 is 1.44 bits per heavy atom. The first kappa shape index (κ1) is 14.9. The summed E-state index contributed by atoms with van der Waals surface area (Å²) in [5.74, 6) is 0.832. The van der Waals surface area contributed by atoms with Crippen molar-refractivity contribution in [1.82, 2.24) is 15.2 Å². The third-order valence-electron chi connectivity index (χ3n) is 3.56. The van der Waals surface area contributed by atoms with Crippen molar-refractivity contribution >= 4 is 0 Å². The van der Waals surface area contributed by atoms with Crippen molar-refractivity contribution in [2.75, 3.05) is 27.7 Å². The summed E-state index contributed by atoms with van der Waals surface area (Å²) in [6, 6.07) is 3.97. The SMILES string of the molecule is CCNC(c1ncccc1OC)C(C)(C)N(C)C. The van der Waals surface area contributed by atoms with Gasteiger partial charge in [-0.05, 0) is 46.6 Å². The Morgan fingerprint density at radius 3 is 2.61 bits per heavy atom. The van der Waals surface area contributed by atoms with Crippen molar-refractivity contribution in [2.24, 2.45) is 0 Å². The first-order valence-electron chi connectivity index (χ1n) is 6.34. The number of methoxy groups -OCH3 is 1. The first-order chi connectivity index (χ1) is 8.45. The average molecular weight is 251 g/mol. The summed E-state index contributed by atoms with van der Waals surface area (Å²) in [6.45, 7) is 7.40. The minimum atomic E-state index is -0.0579. The van der Waals surface area contributed by atoms with Gasteiger partial charge in [-0.2, -0.15) is 0 Å². The van der Waals surface area contributed by atoms with Crippen LogP contribution in [0.2, 0.25) is 0 Å². The zero-order valence-electron chi connectivity index (χ0n) is 12.3.